The van der Waals surface area contributed by atoms with Crippen LogP contribution < -0.4 is 14.8 Å². The molecule has 0 saturated heterocycles. The number of ether oxygens (including phenoxy) is 1. The summed E-state index contributed by atoms with van der Waals surface area (Å²) in [5.41, 5.74) is 2.78. The van der Waals surface area contributed by atoms with Crippen molar-refractivity contribution in [3.05, 3.63) is 73.0 Å². The summed E-state index contributed by atoms with van der Waals surface area (Å²) in [4.78, 5) is 17.7. The van der Waals surface area contributed by atoms with Gasteiger partial charge in [-0.1, -0.05) is 57.1 Å². The van der Waals surface area contributed by atoms with E-state index in [1.54, 1.807) is 7.11 Å². The minimum Gasteiger partial charge on any atom is -0.497 e. The van der Waals surface area contributed by atoms with Crippen molar-refractivity contribution in [1.29, 1.82) is 0 Å². The molecule has 0 atom stereocenters. The number of rotatable bonds is 3. The third-order valence-corrected chi connectivity index (χ3v) is 5.62. The van der Waals surface area contributed by atoms with E-state index in [4.69, 9.17) is 4.74 Å². The molecule has 0 aliphatic heterocycles. The number of nitrogens with zero attached hydrogens (tertiary/aromatic N) is 3. The molecule has 4 aromatic rings. The Bertz CT molecular complexity index is 1210. The molecule has 0 N–H and O–H groups in total. The minimum atomic E-state index is -0.164. The van der Waals surface area contributed by atoms with Gasteiger partial charge in [0.1, 0.15) is 5.75 Å². The third kappa shape index (κ3) is 3.04. The van der Waals surface area contributed by atoms with Crippen LogP contribution in [0.5, 0.6) is 5.75 Å². The van der Waals surface area contributed by atoms with Crippen molar-refractivity contribution in [2.45, 2.75) is 6.92 Å². The molecule has 4 rings (SSSR count). The Morgan fingerprint density at radius 3 is 2.65 bits per heavy atom. The van der Waals surface area contributed by atoms with E-state index in [-0.39, 0.29) is 5.56 Å². The summed E-state index contributed by atoms with van der Waals surface area (Å²) in [5.74, 6) is 1.19. The Balaban J connectivity index is 1.81. The molecular formula is C19H14BrN3O2S. The van der Waals surface area contributed by atoms with Gasteiger partial charge >= 0.3 is 0 Å². The van der Waals surface area contributed by atoms with Gasteiger partial charge in [-0.15, -0.1) is 5.10 Å². The van der Waals surface area contributed by atoms with Gasteiger partial charge in [-0.25, -0.2) is 0 Å². The van der Waals surface area contributed by atoms with Crippen molar-refractivity contribution >= 4 is 38.3 Å². The molecule has 5 nitrogen and oxygen atoms in total. The maximum atomic E-state index is 12.7. The monoisotopic (exact) mass is 427 g/mol. The van der Waals surface area contributed by atoms with Crippen LogP contribution >= 0.6 is 27.3 Å². The van der Waals surface area contributed by atoms with Gasteiger partial charge in [-0.05, 0) is 36.8 Å². The first-order valence-corrected chi connectivity index (χ1v) is 9.48. The van der Waals surface area contributed by atoms with E-state index >= 15 is 0 Å². The van der Waals surface area contributed by atoms with Crippen LogP contribution in [-0.2, 0) is 0 Å². The second-order valence-corrected chi connectivity index (χ2v) is 7.67. The molecule has 26 heavy (non-hydrogen) atoms. The first-order chi connectivity index (χ1) is 12.5. The molecule has 0 unspecified atom stereocenters. The van der Waals surface area contributed by atoms with Crippen molar-refractivity contribution in [3.8, 4) is 17.1 Å². The fourth-order valence-electron chi connectivity index (χ4n) is 2.56. The molecule has 0 amide bonds. The maximum Gasteiger partial charge on any atom is 0.291 e. The number of halogens is 1. The summed E-state index contributed by atoms with van der Waals surface area (Å²) in [5, 5.41) is 4.39. The number of thiazole rings is 1. The third-order valence-electron chi connectivity index (χ3n) is 3.97. The standard InChI is InChI=1S/C19H14BrN3O2S/c1-11-3-5-12(6-4-11)9-16-18(24)23-19(26-16)21-17(22-23)14-10-13(25-2)7-8-15(14)20/h3-10H,1-2H3/b16-9+. The van der Waals surface area contributed by atoms with Crippen LogP contribution in [0.15, 0.2) is 51.7 Å². The van der Waals surface area contributed by atoms with Gasteiger partial charge < -0.3 is 4.74 Å². The number of hydrogen-bond donors (Lipinski definition) is 0. The highest BCUT2D eigenvalue weighted by Gasteiger charge is 2.14. The first-order valence-electron chi connectivity index (χ1n) is 7.87. The predicted octanol–water partition coefficient (Wildman–Crippen LogP) is 3.45. The highest BCUT2D eigenvalue weighted by Crippen LogP contribution is 2.30. The first kappa shape index (κ1) is 16.9. The average molecular weight is 428 g/mol. The van der Waals surface area contributed by atoms with Crippen molar-refractivity contribution in [2.75, 3.05) is 7.11 Å². The summed E-state index contributed by atoms with van der Waals surface area (Å²) in [6.07, 6.45) is 1.87. The van der Waals surface area contributed by atoms with Crippen LogP contribution in [0.2, 0.25) is 0 Å². The minimum absolute atomic E-state index is 0.164. The fourth-order valence-corrected chi connectivity index (χ4v) is 3.90. The largest absolute Gasteiger partial charge is 0.497 e. The summed E-state index contributed by atoms with van der Waals surface area (Å²) < 4.78 is 8.06. The summed E-state index contributed by atoms with van der Waals surface area (Å²) >= 11 is 4.83. The lowest BCUT2D eigenvalue weighted by atomic mass is 10.1. The summed E-state index contributed by atoms with van der Waals surface area (Å²) in [6, 6.07) is 13.6. The van der Waals surface area contributed by atoms with Crippen molar-refractivity contribution in [3.63, 3.8) is 0 Å². The normalized spacial score (nSPS) is 12.0. The van der Waals surface area contributed by atoms with Crippen LogP contribution in [0.4, 0.5) is 0 Å². The van der Waals surface area contributed by atoms with Crippen LogP contribution in [0.3, 0.4) is 0 Å². The maximum absolute atomic E-state index is 12.7. The molecular weight excluding hydrogens is 414 g/mol. The lowest BCUT2D eigenvalue weighted by molar-refractivity contribution is 0.415. The van der Waals surface area contributed by atoms with E-state index in [0.717, 1.165) is 15.6 Å². The predicted molar refractivity (Wildman–Crippen MR) is 107 cm³/mol. The average Bonchev–Trinajstić information content (AvgIpc) is 3.17. The molecule has 0 saturated carbocycles. The molecule has 0 aliphatic carbocycles. The second-order valence-electron chi connectivity index (χ2n) is 5.80. The molecule has 0 bridgehead atoms. The van der Waals surface area contributed by atoms with E-state index < -0.39 is 0 Å². The van der Waals surface area contributed by atoms with E-state index in [1.165, 1.54) is 21.4 Å². The topological polar surface area (TPSA) is 56.5 Å². The van der Waals surface area contributed by atoms with Crippen molar-refractivity contribution in [1.82, 2.24) is 14.6 Å². The van der Waals surface area contributed by atoms with Gasteiger partial charge in [0, 0.05) is 10.0 Å². The zero-order chi connectivity index (χ0) is 18.3. The number of aryl methyl sites for hydroxylation is 1. The molecule has 7 heteroatoms. The fraction of sp³-hybridized carbons (Fsp3) is 0.105. The zero-order valence-corrected chi connectivity index (χ0v) is 16.5. The van der Waals surface area contributed by atoms with Gasteiger partial charge in [-0.2, -0.15) is 9.50 Å². The van der Waals surface area contributed by atoms with E-state index in [2.05, 4.69) is 26.0 Å². The Morgan fingerprint density at radius 1 is 1.19 bits per heavy atom. The summed E-state index contributed by atoms with van der Waals surface area (Å²) in [6.45, 7) is 2.03. The molecule has 130 valence electrons. The van der Waals surface area contributed by atoms with Crippen molar-refractivity contribution in [2.24, 2.45) is 0 Å². The zero-order valence-electron chi connectivity index (χ0n) is 14.1. The van der Waals surface area contributed by atoms with Crippen LogP contribution in [0.25, 0.3) is 22.4 Å². The molecule has 0 fully saturated rings. The molecule has 0 aliphatic rings. The van der Waals surface area contributed by atoms with Crippen LogP contribution in [-0.4, -0.2) is 21.7 Å². The quantitative estimate of drug-likeness (QED) is 0.502. The molecule has 2 aromatic heterocycles. The number of fused-ring (bicyclic) bond motifs is 1. The number of benzene rings is 2. The SMILES string of the molecule is COc1ccc(Br)c(-c2nc3s/c(=C/c4ccc(C)cc4)c(=O)n3n2)c1. The second kappa shape index (κ2) is 6.66. The van der Waals surface area contributed by atoms with Gasteiger partial charge in [0.15, 0.2) is 5.82 Å². The lowest BCUT2D eigenvalue weighted by Gasteiger charge is -2.03. The summed E-state index contributed by atoms with van der Waals surface area (Å²) in [7, 11) is 1.61. The lowest BCUT2D eigenvalue weighted by Crippen LogP contribution is -2.23. The van der Waals surface area contributed by atoms with Crippen LogP contribution in [0, 0.1) is 6.92 Å². The van der Waals surface area contributed by atoms with Crippen LogP contribution in [0.1, 0.15) is 11.1 Å². The van der Waals surface area contributed by atoms with Gasteiger partial charge in [-0.3, -0.25) is 4.79 Å². The highest BCUT2D eigenvalue weighted by atomic mass is 79.9. The van der Waals surface area contributed by atoms with E-state index in [0.29, 0.717) is 21.1 Å². The smallest absolute Gasteiger partial charge is 0.291 e. The van der Waals surface area contributed by atoms with Crippen molar-refractivity contribution < 1.29 is 4.74 Å². The number of methoxy groups -OCH3 is 1. The molecule has 0 spiro atoms. The molecule has 2 aromatic carbocycles. The van der Waals surface area contributed by atoms with Gasteiger partial charge in [0.25, 0.3) is 5.56 Å². The van der Waals surface area contributed by atoms with Gasteiger partial charge in [0.05, 0.1) is 11.6 Å². The molecule has 0 radical (unpaired) electrons. The molecule has 2 heterocycles. The Labute approximate surface area is 161 Å². The number of hydrogen-bond acceptors (Lipinski definition) is 5. The van der Waals surface area contributed by atoms with Gasteiger partial charge in [0.2, 0.25) is 4.96 Å². The Morgan fingerprint density at radius 2 is 1.96 bits per heavy atom. The highest BCUT2D eigenvalue weighted by molar-refractivity contribution is 9.10. The van der Waals surface area contributed by atoms with E-state index in [1.807, 2.05) is 55.5 Å². The number of aromatic nitrogens is 3. The Kier molecular flexibility index (Phi) is 4.34. The Hall–Kier alpha value is -2.51. The van der Waals surface area contributed by atoms with E-state index in [9.17, 15) is 4.79 Å².